The molecule has 0 unspecified atom stereocenters. The smallest absolute Gasteiger partial charge is 0.351 e. The summed E-state index contributed by atoms with van der Waals surface area (Å²) in [7, 11) is -1.92. The van der Waals surface area contributed by atoms with Crippen molar-refractivity contribution >= 4 is 36.7 Å². The van der Waals surface area contributed by atoms with Crippen LogP contribution in [-0.4, -0.2) is 43.3 Å². The molecule has 1 aromatic heterocycles. The van der Waals surface area contributed by atoms with Crippen molar-refractivity contribution in [1.82, 2.24) is 9.55 Å². The van der Waals surface area contributed by atoms with Gasteiger partial charge in [0.2, 0.25) is 0 Å². The Morgan fingerprint density at radius 3 is 2.78 bits per heavy atom. The highest BCUT2D eigenvalue weighted by Gasteiger charge is 2.42. The molecule has 2 N–H and O–H groups in total. The molecule has 9 heteroatoms. The highest BCUT2D eigenvalue weighted by molar-refractivity contribution is 14.1. The van der Waals surface area contributed by atoms with Gasteiger partial charge in [-0.15, -0.1) is 6.58 Å². The van der Waals surface area contributed by atoms with Crippen molar-refractivity contribution in [2.24, 2.45) is 0 Å². The fraction of sp³-hybridized carbons (Fsp3) is 0.667. The SMILES string of the molecule is C=CCO[C@H]1C[C@H](n2cc(I)c(N)nc2=O)O[C@@H]1CO[Si](C)(C)C(C)(C)C. The van der Waals surface area contributed by atoms with Crippen LogP contribution in [0.1, 0.15) is 33.4 Å². The molecule has 0 bridgehead atoms. The van der Waals surface area contributed by atoms with Gasteiger partial charge >= 0.3 is 5.69 Å². The Morgan fingerprint density at radius 2 is 2.19 bits per heavy atom. The minimum absolute atomic E-state index is 0.108. The summed E-state index contributed by atoms with van der Waals surface area (Å²) in [6.45, 7) is 15.6. The van der Waals surface area contributed by atoms with E-state index in [1.807, 2.05) is 0 Å². The van der Waals surface area contributed by atoms with Crippen LogP contribution in [0.25, 0.3) is 0 Å². The number of nitrogens with two attached hydrogens (primary N) is 1. The van der Waals surface area contributed by atoms with E-state index in [2.05, 4.69) is 68.0 Å². The number of ether oxygens (including phenoxy) is 2. The van der Waals surface area contributed by atoms with Crippen LogP contribution in [0, 0.1) is 3.57 Å². The number of anilines is 1. The van der Waals surface area contributed by atoms with Gasteiger partial charge < -0.3 is 19.6 Å². The molecule has 7 nitrogen and oxygen atoms in total. The van der Waals surface area contributed by atoms with Crippen molar-refractivity contribution in [3.63, 3.8) is 0 Å². The van der Waals surface area contributed by atoms with Crippen molar-refractivity contribution < 1.29 is 13.9 Å². The standard InChI is InChI=1S/C18H30IN3O4Si/c1-7-8-24-13-9-15(22-10-12(19)16(20)21-17(22)23)26-14(13)11-25-27(5,6)18(2,3)4/h7,10,13-15H,1,8-9,11H2,2-6H3,(H2,20,21,23)/t13-,14+,15+/m0/s1. The van der Waals surface area contributed by atoms with E-state index in [4.69, 9.17) is 19.6 Å². The van der Waals surface area contributed by atoms with Gasteiger partial charge in [0.25, 0.3) is 0 Å². The van der Waals surface area contributed by atoms with Crippen molar-refractivity contribution in [1.29, 1.82) is 0 Å². The van der Waals surface area contributed by atoms with Crippen LogP contribution in [0.2, 0.25) is 18.1 Å². The maximum Gasteiger partial charge on any atom is 0.351 e. The first-order valence-corrected chi connectivity index (χ1v) is 13.0. The highest BCUT2D eigenvalue weighted by Crippen LogP contribution is 2.38. The summed E-state index contributed by atoms with van der Waals surface area (Å²) in [6, 6.07) is 0. The van der Waals surface area contributed by atoms with Crippen molar-refractivity contribution in [3.05, 3.63) is 32.9 Å². The van der Waals surface area contributed by atoms with E-state index >= 15 is 0 Å². The molecule has 1 saturated heterocycles. The maximum atomic E-state index is 12.3. The maximum absolute atomic E-state index is 12.3. The molecular formula is C18H30IN3O4Si. The van der Waals surface area contributed by atoms with Gasteiger partial charge in [0.1, 0.15) is 18.1 Å². The minimum Gasteiger partial charge on any atom is -0.414 e. The molecule has 0 aliphatic carbocycles. The first kappa shape index (κ1) is 22.5. The van der Waals surface area contributed by atoms with Crippen LogP contribution in [0.3, 0.4) is 0 Å². The average molecular weight is 507 g/mol. The summed E-state index contributed by atoms with van der Waals surface area (Å²) in [6.07, 6.45) is 3.03. The van der Waals surface area contributed by atoms with Gasteiger partial charge in [0, 0.05) is 12.6 Å². The summed E-state index contributed by atoms with van der Waals surface area (Å²) < 4.78 is 20.6. The van der Waals surface area contributed by atoms with Gasteiger partial charge in [0.15, 0.2) is 8.32 Å². The molecule has 0 spiro atoms. The highest BCUT2D eigenvalue weighted by atomic mass is 127. The lowest BCUT2D eigenvalue weighted by Gasteiger charge is -2.37. The molecule has 27 heavy (non-hydrogen) atoms. The van der Waals surface area contributed by atoms with Crippen molar-refractivity contribution in [2.45, 2.75) is 63.8 Å². The Morgan fingerprint density at radius 1 is 1.52 bits per heavy atom. The molecule has 3 atom stereocenters. The predicted octanol–water partition coefficient (Wildman–Crippen LogP) is 3.31. The number of nitrogens with zero attached hydrogens (tertiary/aromatic N) is 2. The lowest BCUT2D eigenvalue weighted by Crippen LogP contribution is -2.44. The van der Waals surface area contributed by atoms with Gasteiger partial charge in [0.05, 0.1) is 22.9 Å². The van der Waals surface area contributed by atoms with Gasteiger partial charge in [-0.25, -0.2) is 4.79 Å². The molecule has 1 aliphatic heterocycles. The zero-order valence-corrected chi connectivity index (χ0v) is 19.9. The number of nitrogen functional groups attached to an aromatic ring is 1. The van der Waals surface area contributed by atoms with E-state index in [0.29, 0.717) is 23.2 Å². The van der Waals surface area contributed by atoms with Crippen molar-refractivity contribution in [2.75, 3.05) is 18.9 Å². The third-order valence-corrected chi connectivity index (χ3v) is 10.6. The number of rotatable bonds is 7. The Bertz CT molecular complexity index is 732. The fourth-order valence-electron chi connectivity index (χ4n) is 2.56. The third-order valence-electron chi connectivity index (χ3n) is 5.27. The van der Waals surface area contributed by atoms with E-state index in [1.165, 1.54) is 4.57 Å². The quantitative estimate of drug-likeness (QED) is 0.346. The molecule has 0 amide bonds. The first-order valence-electron chi connectivity index (χ1n) is 9.02. The molecule has 0 aromatic carbocycles. The number of halogens is 1. The Hall–Kier alpha value is -0.753. The van der Waals surface area contributed by atoms with Gasteiger partial charge in [-0.1, -0.05) is 26.8 Å². The van der Waals surface area contributed by atoms with Crippen LogP contribution in [0.4, 0.5) is 5.82 Å². The normalized spacial score (nSPS) is 23.6. The Labute approximate surface area is 175 Å². The second-order valence-electron chi connectivity index (χ2n) is 8.26. The van der Waals surface area contributed by atoms with E-state index < -0.39 is 20.2 Å². The number of hydrogen-bond donors (Lipinski definition) is 1. The third kappa shape index (κ3) is 5.40. The summed E-state index contributed by atoms with van der Waals surface area (Å²) in [5, 5.41) is 0.108. The van der Waals surface area contributed by atoms with Gasteiger partial charge in [-0.2, -0.15) is 4.98 Å². The van der Waals surface area contributed by atoms with Crippen LogP contribution in [0.5, 0.6) is 0 Å². The Kier molecular flexibility index (Phi) is 7.28. The molecule has 1 aromatic rings. The van der Waals surface area contributed by atoms with Crippen LogP contribution < -0.4 is 11.4 Å². The zero-order valence-electron chi connectivity index (χ0n) is 16.7. The second kappa shape index (κ2) is 8.72. The second-order valence-corrected chi connectivity index (χ2v) is 14.2. The average Bonchev–Trinajstić information content (AvgIpc) is 2.96. The molecule has 1 fully saturated rings. The molecule has 1 aliphatic rings. The lowest BCUT2D eigenvalue weighted by atomic mass is 10.2. The number of hydrogen-bond acceptors (Lipinski definition) is 6. The van der Waals surface area contributed by atoms with E-state index in [9.17, 15) is 4.79 Å². The Balaban J connectivity index is 2.17. The van der Waals surface area contributed by atoms with E-state index in [-0.39, 0.29) is 23.1 Å². The molecule has 0 radical (unpaired) electrons. The largest absolute Gasteiger partial charge is 0.414 e. The molecule has 2 rings (SSSR count). The zero-order chi connectivity index (χ0) is 20.4. The first-order chi connectivity index (χ1) is 12.5. The van der Waals surface area contributed by atoms with Crippen LogP contribution in [0.15, 0.2) is 23.6 Å². The van der Waals surface area contributed by atoms with E-state index in [0.717, 1.165) is 0 Å². The van der Waals surface area contributed by atoms with Crippen LogP contribution >= 0.6 is 22.6 Å². The molecule has 0 saturated carbocycles. The monoisotopic (exact) mass is 507 g/mol. The summed E-state index contributed by atoms with van der Waals surface area (Å²) in [5.41, 5.74) is 5.30. The topological polar surface area (TPSA) is 88.6 Å². The fourth-order valence-corrected chi connectivity index (χ4v) is 3.99. The predicted molar refractivity (Wildman–Crippen MR) is 117 cm³/mol. The molecule has 152 valence electrons. The van der Waals surface area contributed by atoms with Gasteiger partial charge in [-0.3, -0.25) is 4.57 Å². The van der Waals surface area contributed by atoms with Gasteiger partial charge in [-0.05, 0) is 40.7 Å². The molecule has 2 heterocycles. The van der Waals surface area contributed by atoms with Crippen molar-refractivity contribution in [3.8, 4) is 0 Å². The lowest BCUT2D eigenvalue weighted by molar-refractivity contribution is -0.0556. The minimum atomic E-state index is -1.92. The molecular weight excluding hydrogens is 477 g/mol. The van der Waals surface area contributed by atoms with Crippen LogP contribution in [-0.2, 0) is 13.9 Å². The summed E-state index contributed by atoms with van der Waals surface area (Å²) in [5.74, 6) is 0.229. The number of aromatic nitrogens is 2. The summed E-state index contributed by atoms with van der Waals surface area (Å²) >= 11 is 2.06. The van der Waals surface area contributed by atoms with E-state index in [1.54, 1.807) is 12.3 Å². The summed E-state index contributed by atoms with van der Waals surface area (Å²) in [4.78, 5) is 16.1.